The third-order valence-electron chi connectivity index (χ3n) is 8.47. The van der Waals surface area contributed by atoms with Gasteiger partial charge in [-0.05, 0) is 67.6 Å². The van der Waals surface area contributed by atoms with Gasteiger partial charge in [0.15, 0.2) is 5.78 Å². The zero-order valence-corrected chi connectivity index (χ0v) is 14.6. The monoisotopic (exact) mass is 329 g/mol. The number of aliphatic hydroxyl groups is 1. The highest BCUT2D eigenvalue weighted by Gasteiger charge is 2.62. The number of carbonyl (C=O) groups excluding carboxylic acids is 2. The zero-order chi connectivity index (χ0) is 17.3. The number of nitrogens with zero attached hydrogens (tertiary/aromatic N) is 1. The Labute approximate surface area is 143 Å². The van der Waals surface area contributed by atoms with Crippen molar-refractivity contribution in [2.24, 2.45) is 40.4 Å². The first-order valence-electron chi connectivity index (χ1n) is 9.47. The summed E-state index contributed by atoms with van der Waals surface area (Å²) < 4.78 is 0. The Balaban J connectivity index is 1.69. The van der Waals surface area contributed by atoms with E-state index in [1.165, 1.54) is 0 Å². The molecule has 8 atom stereocenters. The molecule has 0 aromatic carbocycles. The van der Waals surface area contributed by atoms with E-state index in [0.29, 0.717) is 36.4 Å². The van der Waals surface area contributed by atoms with Gasteiger partial charge in [0.05, 0.1) is 6.07 Å². The third-order valence-corrected chi connectivity index (χ3v) is 8.47. The Morgan fingerprint density at radius 3 is 2.54 bits per heavy atom. The van der Waals surface area contributed by atoms with Gasteiger partial charge in [0.25, 0.3) is 0 Å². The van der Waals surface area contributed by atoms with E-state index in [-0.39, 0.29) is 22.5 Å². The van der Waals surface area contributed by atoms with Crippen LogP contribution in [0.2, 0.25) is 0 Å². The average molecular weight is 329 g/mol. The van der Waals surface area contributed by atoms with Crippen LogP contribution in [-0.2, 0) is 9.59 Å². The summed E-state index contributed by atoms with van der Waals surface area (Å²) in [6.45, 7) is 4.36. The summed E-state index contributed by atoms with van der Waals surface area (Å²) in [6.07, 6.45) is 5.11. The molecule has 0 saturated heterocycles. The SMILES string of the molecule is C[C@]12C[C@@H](C#N)C(=O)[C@@H](O)C1CCC1C2CC[C@]2(C)C(=O)CCC12. The molecule has 0 aromatic rings. The summed E-state index contributed by atoms with van der Waals surface area (Å²) in [5, 5.41) is 19.9. The van der Waals surface area contributed by atoms with Gasteiger partial charge in [-0.15, -0.1) is 0 Å². The van der Waals surface area contributed by atoms with Crippen LogP contribution in [0.3, 0.4) is 0 Å². The van der Waals surface area contributed by atoms with Crippen molar-refractivity contribution in [2.45, 2.75) is 64.9 Å². The van der Waals surface area contributed by atoms with Gasteiger partial charge in [-0.25, -0.2) is 0 Å². The van der Waals surface area contributed by atoms with Gasteiger partial charge in [-0.1, -0.05) is 13.8 Å². The van der Waals surface area contributed by atoms with Crippen LogP contribution in [0.25, 0.3) is 0 Å². The highest BCUT2D eigenvalue weighted by atomic mass is 16.3. The number of aliphatic hydroxyl groups excluding tert-OH is 1. The molecule has 0 amide bonds. The van der Waals surface area contributed by atoms with E-state index in [1.54, 1.807) is 0 Å². The quantitative estimate of drug-likeness (QED) is 0.741. The standard InChI is InChI=1S/C20H27NO3/c1-19-8-7-14-12(13(19)5-6-16(19)22)3-4-15-18(24)17(23)11(10-21)9-20(14,15)2/h11-15,18,24H,3-9H2,1-2H3/t11-,12?,13?,14?,15?,18-,19-,20+/m0/s1. The van der Waals surface area contributed by atoms with Gasteiger partial charge < -0.3 is 5.11 Å². The summed E-state index contributed by atoms with van der Waals surface area (Å²) in [5.74, 6) is 0.879. The fourth-order valence-corrected chi connectivity index (χ4v) is 7.13. The molecule has 24 heavy (non-hydrogen) atoms. The molecule has 4 heteroatoms. The van der Waals surface area contributed by atoms with E-state index in [4.69, 9.17) is 0 Å². The van der Waals surface area contributed by atoms with Crippen molar-refractivity contribution >= 4 is 11.6 Å². The number of fused-ring (bicyclic) bond motifs is 5. The van der Waals surface area contributed by atoms with Crippen LogP contribution < -0.4 is 0 Å². The number of hydrogen-bond acceptors (Lipinski definition) is 4. The van der Waals surface area contributed by atoms with E-state index in [2.05, 4.69) is 19.9 Å². The summed E-state index contributed by atoms with van der Waals surface area (Å²) in [7, 11) is 0. The number of Topliss-reactive ketones (excluding diaryl/α,β-unsaturated/α-hetero) is 2. The number of hydrogen-bond donors (Lipinski definition) is 1. The van der Waals surface area contributed by atoms with Gasteiger partial charge in [-0.2, -0.15) is 5.26 Å². The topological polar surface area (TPSA) is 78.2 Å². The minimum absolute atomic E-state index is 0.0164. The predicted molar refractivity (Wildman–Crippen MR) is 87.6 cm³/mol. The third kappa shape index (κ3) is 1.88. The lowest BCUT2D eigenvalue weighted by atomic mass is 9.44. The predicted octanol–water partition coefficient (Wildman–Crippen LogP) is 2.89. The Morgan fingerprint density at radius 2 is 1.83 bits per heavy atom. The van der Waals surface area contributed by atoms with Crippen molar-refractivity contribution < 1.29 is 14.7 Å². The number of ketones is 2. The summed E-state index contributed by atoms with van der Waals surface area (Å²) in [6, 6.07) is 2.14. The number of nitriles is 1. The molecule has 0 bridgehead atoms. The molecule has 4 rings (SSSR count). The molecule has 4 aliphatic carbocycles. The van der Waals surface area contributed by atoms with Crippen LogP contribution in [0.1, 0.15) is 58.8 Å². The van der Waals surface area contributed by atoms with Crippen LogP contribution in [0.5, 0.6) is 0 Å². The lowest BCUT2D eigenvalue weighted by Gasteiger charge is -2.60. The van der Waals surface area contributed by atoms with Crippen molar-refractivity contribution in [1.82, 2.24) is 0 Å². The molecule has 4 saturated carbocycles. The molecule has 4 unspecified atom stereocenters. The van der Waals surface area contributed by atoms with Crippen LogP contribution in [0, 0.1) is 51.8 Å². The van der Waals surface area contributed by atoms with Crippen LogP contribution >= 0.6 is 0 Å². The normalized spacial score (nSPS) is 53.8. The van der Waals surface area contributed by atoms with E-state index >= 15 is 0 Å². The summed E-state index contributed by atoms with van der Waals surface area (Å²) >= 11 is 0. The molecular formula is C20H27NO3. The Kier molecular flexibility index (Phi) is 3.49. The molecule has 130 valence electrons. The molecule has 4 aliphatic rings. The van der Waals surface area contributed by atoms with E-state index in [9.17, 15) is 20.0 Å². The van der Waals surface area contributed by atoms with Crippen molar-refractivity contribution in [3.8, 4) is 6.07 Å². The van der Waals surface area contributed by atoms with Gasteiger partial charge in [-0.3, -0.25) is 9.59 Å². The molecule has 0 aliphatic heterocycles. The van der Waals surface area contributed by atoms with Crippen molar-refractivity contribution in [2.75, 3.05) is 0 Å². The highest BCUT2D eigenvalue weighted by Crippen LogP contribution is 2.65. The second kappa shape index (κ2) is 5.14. The van der Waals surface area contributed by atoms with E-state index in [0.717, 1.165) is 32.1 Å². The zero-order valence-electron chi connectivity index (χ0n) is 14.6. The maximum Gasteiger partial charge on any atom is 0.178 e. The fraction of sp³-hybridized carbons (Fsp3) is 0.850. The number of carbonyl (C=O) groups is 2. The Bertz CT molecular complexity index is 637. The largest absolute Gasteiger partial charge is 0.385 e. The second-order valence-corrected chi connectivity index (χ2v) is 9.22. The molecule has 0 heterocycles. The van der Waals surface area contributed by atoms with Crippen molar-refractivity contribution in [1.29, 1.82) is 5.26 Å². The van der Waals surface area contributed by atoms with E-state index in [1.807, 2.05) is 0 Å². The molecule has 4 nitrogen and oxygen atoms in total. The Hall–Kier alpha value is -1.21. The summed E-state index contributed by atoms with van der Waals surface area (Å²) in [4.78, 5) is 24.7. The summed E-state index contributed by atoms with van der Waals surface area (Å²) in [5.41, 5.74) is -0.300. The highest BCUT2D eigenvalue weighted by molar-refractivity contribution is 5.89. The minimum Gasteiger partial charge on any atom is -0.385 e. The van der Waals surface area contributed by atoms with Crippen LogP contribution in [-0.4, -0.2) is 22.8 Å². The van der Waals surface area contributed by atoms with Gasteiger partial charge in [0.2, 0.25) is 0 Å². The average Bonchev–Trinajstić information content (AvgIpc) is 2.86. The Morgan fingerprint density at radius 1 is 1.08 bits per heavy atom. The van der Waals surface area contributed by atoms with Crippen LogP contribution in [0.15, 0.2) is 0 Å². The second-order valence-electron chi connectivity index (χ2n) is 9.22. The minimum atomic E-state index is -0.979. The maximum atomic E-state index is 12.4. The molecule has 0 aromatic heterocycles. The first-order chi connectivity index (χ1) is 11.3. The number of rotatable bonds is 0. The molecule has 0 spiro atoms. The molecule has 1 N–H and O–H groups in total. The lowest BCUT2D eigenvalue weighted by Crippen LogP contribution is -2.59. The molecular weight excluding hydrogens is 302 g/mol. The molecule has 0 radical (unpaired) electrons. The van der Waals surface area contributed by atoms with Crippen molar-refractivity contribution in [3.63, 3.8) is 0 Å². The van der Waals surface area contributed by atoms with Gasteiger partial charge in [0, 0.05) is 11.8 Å². The molecule has 4 fully saturated rings. The fourth-order valence-electron chi connectivity index (χ4n) is 7.13. The van der Waals surface area contributed by atoms with Crippen LogP contribution in [0.4, 0.5) is 0 Å². The van der Waals surface area contributed by atoms with Crippen molar-refractivity contribution in [3.05, 3.63) is 0 Å². The van der Waals surface area contributed by atoms with Gasteiger partial charge in [0.1, 0.15) is 17.8 Å². The first kappa shape index (κ1) is 16.3. The van der Waals surface area contributed by atoms with Gasteiger partial charge >= 0.3 is 0 Å². The lowest BCUT2D eigenvalue weighted by molar-refractivity contribution is -0.167. The smallest absolute Gasteiger partial charge is 0.178 e. The first-order valence-corrected chi connectivity index (χ1v) is 9.47. The van der Waals surface area contributed by atoms with E-state index < -0.39 is 12.0 Å². The maximum absolute atomic E-state index is 12.4.